The second-order valence-electron chi connectivity index (χ2n) is 7.01. The summed E-state index contributed by atoms with van der Waals surface area (Å²) in [5.74, 6) is 0.605. The first kappa shape index (κ1) is 21.5. The number of ether oxygens (including phenoxy) is 2. The molecule has 1 fully saturated rings. The summed E-state index contributed by atoms with van der Waals surface area (Å²) in [4.78, 5) is 4.52. The van der Waals surface area contributed by atoms with Crippen molar-refractivity contribution in [2.24, 2.45) is 0 Å². The van der Waals surface area contributed by atoms with Crippen molar-refractivity contribution in [2.45, 2.75) is 13.1 Å². The molecule has 0 radical (unpaired) electrons. The van der Waals surface area contributed by atoms with Gasteiger partial charge in [-0.3, -0.25) is 4.90 Å². The molecule has 0 atom stereocenters. The van der Waals surface area contributed by atoms with Gasteiger partial charge < -0.3 is 19.7 Å². The van der Waals surface area contributed by atoms with Gasteiger partial charge >= 0.3 is 0 Å². The van der Waals surface area contributed by atoms with E-state index in [1.54, 1.807) is 7.11 Å². The topological polar surface area (TPSA) is 37.0 Å². The fourth-order valence-electron chi connectivity index (χ4n) is 3.18. The Morgan fingerprint density at radius 1 is 1.10 bits per heavy atom. The maximum Gasteiger partial charge on any atom is 0.169 e. The van der Waals surface area contributed by atoms with Crippen molar-refractivity contribution in [2.75, 3.05) is 46.5 Å². The quantitative estimate of drug-likeness (QED) is 0.666. The molecule has 0 spiro atoms. The predicted molar refractivity (Wildman–Crippen MR) is 117 cm³/mol. The van der Waals surface area contributed by atoms with E-state index in [4.69, 9.17) is 21.7 Å². The average Bonchev–Trinajstić information content (AvgIpc) is 2.77. The number of methoxy groups -OCH3 is 1. The summed E-state index contributed by atoms with van der Waals surface area (Å²) < 4.78 is 23.9. The van der Waals surface area contributed by atoms with Gasteiger partial charge in [0.15, 0.2) is 5.11 Å². The molecule has 0 amide bonds. The first-order valence-electron chi connectivity index (χ1n) is 9.84. The maximum atomic E-state index is 13.3. The SMILES string of the molecule is COc1ccc(CNC(=S)N(CCN2CCOCC2)Cc2ccc(F)cc2)cc1. The lowest BCUT2D eigenvalue weighted by molar-refractivity contribution is 0.0357. The summed E-state index contributed by atoms with van der Waals surface area (Å²) in [7, 11) is 1.66. The fraction of sp³-hybridized carbons (Fsp3) is 0.409. The molecule has 0 aromatic heterocycles. The summed E-state index contributed by atoms with van der Waals surface area (Å²) in [6, 6.07) is 14.5. The zero-order chi connectivity index (χ0) is 20.5. The molecule has 2 aromatic carbocycles. The largest absolute Gasteiger partial charge is 0.497 e. The molecule has 0 aliphatic carbocycles. The van der Waals surface area contributed by atoms with Gasteiger partial charge in [-0.25, -0.2) is 4.39 Å². The Kier molecular flexibility index (Phi) is 8.22. The van der Waals surface area contributed by atoms with Crippen LogP contribution >= 0.6 is 12.2 Å². The highest BCUT2D eigenvalue weighted by molar-refractivity contribution is 7.80. The molecule has 5 nitrogen and oxygen atoms in total. The van der Waals surface area contributed by atoms with Crippen LogP contribution in [0.15, 0.2) is 48.5 Å². The molecule has 0 saturated carbocycles. The number of nitrogens with one attached hydrogen (secondary N) is 1. The van der Waals surface area contributed by atoms with Crippen molar-refractivity contribution in [3.63, 3.8) is 0 Å². The van der Waals surface area contributed by atoms with Gasteiger partial charge in [-0.05, 0) is 47.6 Å². The van der Waals surface area contributed by atoms with Crippen molar-refractivity contribution in [3.8, 4) is 5.75 Å². The summed E-state index contributed by atoms with van der Waals surface area (Å²) in [6.07, 6.45) is 0. The number of halogens is 1. The molecule has 1 aliphatic rings. The smallest absolute Gasteiger partial charge is 0.169 e. The summed E-state index contributed by atoms with van der Waals surface area (Å²) >= 11 is 5.69. The molecule has 1 aliphatic heterocycles. The predicted octanol–water partition coefficient (Wildman–Crippen LogP) is 3.04. The van der Waals surface area contributed by atoms with Crippen molar-refractivity contribution in [1.29, 1.82) is 0 Å². The first-order valence-corrected chi connectivity index (χ1v) is 10.2. The number of morpholine rings is 1. The molecule has 0 unspecified atom stereocenters. The van der Waals surface area contributed by atoms with Gasteiger partial charge in [-0.15, -0.1) is 0 Å². The van der Waals surface area contributed by atoms with Crippen LogP contribution in [0.2, 0.25) is 0 Å². The van der Waals surface area contributed by atoms with E-state index in [9.17, 15) is 4.39 Å². The van der Waals surface area contributed by atoms with Crippen LogP contribution < -0.4 is 10.1 Å². The van der Waals surface area contributed by atoms with Crippen LogP contribution in [0.4, 0.5) is 4.39 Å². The van der Waals surface area contributed by atoms with E-state index in [0.29, 0.717) is 18.2 Å². The molecule has 156 valence electrons. The average molecular weight is 418 g/mol. The van der Waals surface area contributed by atoms with E-state index in [0.717, 1.165) is 56.3 Å². The van der Waals surface area contributed by atoms with Crippen LogP contribution in [-0.2, 0) is 17.8 Å². The third kappa shape index (κ3) is 6.96. The Hall–Kier alpha value is -2.22. The van der Waals surface area contributed by atoms with E-state index in [2.05, 4.69) is 15.1 Å². The minimum absolute atomic E-state index is 0.228. The molecule has 2 aromatic rings. The molecule has 1 heterocycles. The monoisotopic (exact) mass is 417 g/mol. The van der Waals surface area contributed by atoms with E-state index in [-0.39, 0.29) is 5.82 Å². The molecule has 7 heteroatoms. The van der Waals surface area contributed by atoms with E-state index in [1.807, 2.05) is 36.4 Å². The first-order chi connectivity index (χ1) is 14.1. The lowest BCUT2D eigenvalue weighted by atomic mass is 10.2. The van der Waals surface area contributed by atoms with E-state index < -0.39 is 0 Å². The van der Waals surface area contributed by atoms with Crippen molar-refractivity contribution in [3.05, 3.63) is 65.5 Å². The number of nitrogens with zero attached hydrogens (tertiary/aromatic N) is 2. The van der Waals surface area contributed by atoms with Crippen LogP contribution in [0.5, 0.6) is 5.75 Å². The van der Waals surface area contributed by atoms with Gasteiger partial charge in [-0.2, -0.15) is 0 Å². The summed E-state index contributed by atoms with van der Waals surface area (Å²) in [5, 5.41) is 4.05. The zero-order valence-electron chi connectivity index (χ0n) is 16.8. The minimum atomic E-state index is -0.228. The van der Waals surface area contributed by atoms with Crippen LogP contribution in [-0.4, -0.2) is 61.4 Å². The number of rotatable bonds is 8. The van der Waals surface area contributed by atoms with Crippen LogP contribution in [0.3, 0.4) is 0 Å². The van der Waals surface area contributed by atoms with Gasteiger partial charge in [0, 0.05) is 39.3 Å². The fourth-order valence-corrected chi connectivity index (χ4v) is 3.41. The summed E-state index contributed by atoms with van der Waals surface area (Å²) in [6.45, 7) is 6.42. The van der Waals surface area contributed by atoms with Crippen molar-refractivity contribution in [1.82, 2.24) is 15.1 Å². The summed E-state index contributed by atoms with van der Waals surface area (Å²) in [5.41, 5.74) is 2.16. The second kappa shape index (κ2) is 11.1. The van der Waals surface area contributed by atoms with Crippen LogP contribution in [0, 0.1) is 5.82 Å². The highest BCUT2D eigenvalue weighted by Crippen LogP contribution is 2.12. The van der Waals surface area contributed by atoms with Crippen molar-refractivity contribution < 1.29 is 13.9 Å². The molecular formula is C22H28FN3O2S. The molecule has 1 N–H and O–H groups in total. The van der Waals surface area contributed by atoms with Crippen LogP contribution in [0.1, 0.15) is 11.1 Å². The molecule has 29 heavy (non-hydrogen) atoms. The molecular weight excluding hydrogens is 389 g/mol. The van der Waals surface area contributed by atoms with Gasteiger partial charge in [0.1, 0.15) is 11.6 Å². The van der Waals surface area contributed by atoms with Gasteiger partial charge in [-0.1, -0.05) is 24.3 Å². The maximum absolute atomic E-state index is 13.3. The van der Waals surface area contributed by atoms with Crippen LogP contribution in [0.25, 0.3) is 0 Å². The standard InChI is InChI=1S/C22H28FN3O2S/c1-27-21-8-4-18(5-9-21)16-24-22(29)26(11-10-25-12-14-28-15-13-25)17-19-2-6-20(23)7-3-19/h2-9H,10-17H2,1H3,(H,24,29). The second-order valence-corrected chi connectivity index (χ2v) is 7.40. The number of hydrogen-bond acceptors (Lipinski definition) is 4. The number of thiocarbonyl (C=S) groups is 1. The lowest BCUT2D eigenvalue weighted by Crippen LogP contribution is -2.45. The normalized spacial score (nSPS) is 14.4. The Morgan fingerprint density at radius 3 is 2.41 bits per heavy atom. The van der Waals surface area contributed by atoms with Crippen molar-refractivity contribution >= 4 is 17.3 Å². The van der Waals surface area contributed by atoms with Gasteiger partial charge in [0.25, 0.3) is 0 Å². The Morgan fingerprint density at radius 2 is 1.76 bits per heavy atom. The Balaban J connectivity index is 1.59. The zero-order valence-corrected chi connectivity index (χ0v) is 17.6. The minimum Gasteiger partial charge on any atom is -0.497 e. The highest BCUT2D eigenvalue weighted by Gasteiger charge is 2.15. The Labute approximate surface area is 177 Å². The van der Waals surface area contributed by atoms with E-state index in [1.165, 1.54) is 12.1 Å². The molecule has 0 bridgehead atoms. The third-order valence-electron chi connectivity index (χ3n) is 4.97. The molecule has 1 saturated heterocycles. The highest BCUT2D eigenvalue weighted by atomic mass is 32.1. The third-order valence-corrected chi connectivity index (χ3v) is 5.37. The van der Waals surface area contributed by atoms with Gasteiger partial charge in [0.05, 0.1) is 20.3 Å². The Bertz CT molecular complexity index is 765. The lowest BCUT2D eigenvalue weighted by Gasteiger charge is -2.31. The van der Waals surface area contributed by atoms with Gasteiger partial charge in [0.2, 0.25) is 0 Å². The van der Waals surface area contributed by atoms with E-state index >= 15 is 0 Å². The molecule has 3 rings (SSSR count). The number of benzene rings is 2. The number of hydrogen-bond donors (Lipinski definition) is 1.